The lowest BCUT2D eigenvalue weighted by molar-refractivity contribution is -0.114. The molecule has 1 N–H and O–H groups in total. The predicted molar refractivity (Wildman–Crippen MR) is 53.5 cm³/mol. The van der Waals surface area contributed by atoms with Crippen LogP contribution in [0.3, 0.4) is 0 Å². The number of nitrogens with one attached hydrogen (secondary N) is 1. The number of aromatic nitrogens is 4. The molecule has 0 aliphatic carbocycles. The quantitative estimate of drug-likeness (QED) is 0.776. The molecule has 1 amide bonds. The normalized spacial score (nSPS) is 9.93. The van der Waals surface area contributed by atoms with E-state index < -0.39 is 0 Å². The van der Waals surface area contributed by atoms with Crippen LogP contribution in [0.5, 0.6) is 0 Å². The van der Waals surface area contributed by atoms with Crippen molar-refractivity contribution in [3.05, 3.63) is 31.0 Å². The first kappa shape index (κ1) is 9.32. The number of hydrogen-bond acceptors (Lipinski definition) is 4. The van der Waals surface area contributed by atoms with Crippen LogP contribution in [0.2, 0.25) is 0 Å². The van der Waals surface area contributed by atoms with Crippen LogP contribution in [-0.2, 0) is 4.79 Å². The minimum atomic E-state index is -0.117. The van der Waals surface area contributed by atoms with E-state index in [1.54, 1.807) is 35.6 Å². The zero-order valence-electron chi connectivity index (χ0n) is 8.08. The summed E-state index contributed by atoms with van der Waals surface area (Å²) in [4.78, 5) is 14.9. The zero-order valence-corrected chi connectivity index (χ0v) is 8.08. The highest BCUT2D eigenvalue weighted by Crippen LogP contribution is 2.08. The maximum Gasteiger partial charge on any atom is 0.221 e. The second-order valence-electron chi connectivity index (χ2n) is 2.96. The van der Waals surface area contributed by atoms with Crippen molar-refractivity contribution in [2.45, 2.75) is 6.92 Å². The number of nitrogens with zero attached hydrogens (tertiary/aromatic N) is 4. The average Bonchev–Trinajstić information content (AvgIpc) is 2.71. The van der Waals surface area contributed by atoms with E-state index in [0.29, 0.717) is 11.5 Å². The Bertz CT molecular complexity index is 448. The Balaban J connectivity index is 2.21. The number of amides is 1. The molecule has 0 fully saturated rings. The molecule has 0 saturated heterocycles. The number of anilines is 1. The molecule has 0 aromatic carbocycles. The molecule has 0 bridgehead atoms. The van der Waals surface area contributed by atoms with Crippen molar-refractivity contribution in [2.24, 2.45) is 0 Å². The molecule has 6 heteroatoms. The predicted octanol–water partition coefficient (Wildman–Crippen LogP) is 0.621. The molecular weight excluding hydrogens is 194 g/mol. The fraction of sp³-hybridized carbons (Fsp3) is 0.111. The Labute approximate surface area is 86.0 Å². The zero-order chi connectivity index (χ0) is 10.7. The Morgan fingerprint density at radius 1 is 1.33 bits per heavy atom. The van der Waals surface area contributed by atoms with Gasteiger partial charge in [0, 0.05) is 6.92 Å². The summed E-state index contributed by atoms with van der Waals surface area (Å²) in [6, 6.07) is 3.54. The molecule has 0 aliphatic heterocycles. The number of hydrogen-bond donors (Lipinski definition) is 1. The average molecular weight is 203 g/mol. The van der Waals surface area contributed by atoms with Gasteiger partial charge in [0.1, 0.15) is 18.5 Å². The Kier molecular flexibility index (Phi) is 2.40. The second-order valence-corrected chi connectivity index (χ2v) is 2.96. The van der Waals surface area contributed by atoms with Crippen molar-refractivity contribution in [1.29, 1.82) is 0 Å². The minimum absolute atomic E-state index is 0.117. The molecule has 0 radical (unpaired) electrons. The van der Waals surface area contributed by atoms with Crippen LogP contribution in [0.1, 0.15) is 6.92 Å². The fourth-order valence-corrected chi connectivity index (χ4v) is 1.14. The van der Waals surface area contributed by atoms with Gasteiger partial charge in [-0.15, -0.1) is 10.2 Å². The van der Waals surface area contributed by atoms with E-state index in [2.05, 4.69) is 20.5 Å². The van der Waals surface area contributed by atoms with E-state index in [4.69, 9.17) is 0 Å². The molecule has 76 valence electrons. The number of carbonyl (C=O) groups excluding carboxylic acids is 1. The van der Waals surface area contributed by atoms with Crippen LogP contribution in [-0.4, -0.2) is 25.7 Å². The molecule has 0 saturated carbocycles. The summed E-state index contributed by atoms with van der Waals surface area (Å²) in [6.45, 7) is 1.45. The molecule has 15 heavy (non-hydrogen) atoms. The molecule has 0 unspecified atom stereocenters. The first-order valence-corrected chi connectivity index (χ1v) is 4.34. The summed E-state index contributed by atoms with van der Waals surface area (Å²) < 4.78 is 1.68. The smallest absolute Gasteiger partial charge is 0.221 e. The van der Waals surface area contributed by atoms with Crippen LogP contribution in [0, 0.1) is 0 Å². The Hall–Kier alpha value is -2.24. The third-order valence-corrected chi connectivity index (χ3v) is 1.75. The van der Waals surface area contributed by atoms with Gasteiger partial charge in [0.15, 0.2) is 0 Å². The first-order chi connectivity index (χ1) is 7.25. The van der Waals surface area contributed by atoms with Gasteiger partial charge in [-0.1, -0.05) is 0 Å². The first-order valence-electron chi connectivity index (χ1n) is 4.34. The van der Waals surface area contributed by atoms with Crippen molar-refractivity contribution in [3.63, 3.8) is 0 Å². The van der Waals surface area contributed by atoms with Crippen LogP contribution < -0.4 is 5.32 Å². The molecule has 2 aromatic heterocycles. The molecule has 2 aromatic rings. The summed E-state index contributed by atoms with van der Waals surface area (Å²) in [5.41, 5.74) is 0.666. The van der Waals surface area contributed by atoms with E-state index in [0.717, 1.165) is 0 Å². The lowest BCUT2D eigenvalue weighted by Crippen LogP contribution is -2.06. The Morgan fingerprint density at radius 2 is 2.07 bits per heavy atom. The lowest BCUT2D eigenvalue weighted by Gasteiger charge is -2.03. The van der Waals surface area contributed by atoms with Gasteiger partial charge in [-0.3, -0.25) is 9.36 Å². The maximum atomic E-state index is 10.8. The van der Waals surface area contributed by atoms with Crippen molar-refractivity contribution in [1.82, 2.24) is 19.7 Å². The van der Waals surface area contributed by atoms with Crippen LogP contribution in [0.15, 0.2) is 31.0 Å². The van der Waals surface area contributed by atoms with E-state index >= 15 is 0 Å². The lowest BCUT2D eigenvalue weighted by atomic mass is 10.4. The van der Waals surface area contributed by atoms with E-state index in [1.165, 1.54) is 6.92 Å². The molecule has 6 nitrogen and oxygen atoms in total. The molecule has 0 spiro atoms. The van der Waals surface area contributed by atoms with E-state index in [9.17, 15) is 4.79 Å². The van der Waals surface area contributed by atoms with Crippen LogP contribution in [0.25, 0.3) is 5.82 Å². The third-order valence-electron chi connectivity index (χ3n) is 1.75. The largest absolute Gasteiger partial charge is 0.325 e. The minimum Gasteiger partial charge on any atom is -0.325 e. The van der Waals surface area contributed by atoms with Crippen LogP contribution >= 0.6 is 0 Å². The van der Waals surface area contributed by atoms with Gasteiger partial charge in [0.25, 0.3) is 0 Å². The summed E-state index contributed by atoms with van der Waals surface area (Å²) in [7, 11) is 0. The van der Waals surface area contributed by atoms with Crippen molar-refractivity contribution in [3.8, 4) is 5.82 Å². The number of carbonyl (C=O) groups is 1. The maximum absolute atomic E-state index is 10.8. The van der Waals surface area contributed by atoms with Gasteiger partial charge in [-0.05, 0) is 12.1 Å². The Morgan fingerprint density at radius 3 is 2.60 bits per heavy atom. The van der Waals surface area contributed by atoms with Gasteiger partial charge in [0.05, 0.1) is 11.9 Å². The third kappa shape index (κ3) is 2.16. The molecule has 0 aliphatic rings. The topological polar surface area (TPSA) is 72.7 Å². The molecule has 2 rings (SSSR count). The van der Waals surface area contributed by atoms with Crippen molar-refractivity contribution in [2.75, 3.05) is 5.32 Å². The van der Waals surface area contributed by atoms with Crippen molar-refractivity contribution < 1.29 is 4.79 Å². The summed E-state index contributed by atoms with van der Waals surface area (Å²) in [5.74, 6) is 0.586. The van der Waals surface area contributed by atoms with Gasteiger partial charge in [-0.25, -0.2) is 4.98 Å². The standard InChI is InChI=1S/C9H9N5O/c1-7(15)13-8-2-3-9(10-4-8)14-5-11-12-6-14/h2-6H,1H3,(H,13,15). The molecular formula is C9H9N5O. The van der Waals surface area contributed by atoms with E-state index in [1.807, 2.05) is 0 Å². The highest BCUT2D eigenvalue weighted by atomic mass is 16.1. The summed E-state index contributed by atoms with van der Waals surface area (Å²) in [6.07, 6.45) is 4.69. The number of pyridine rings is 1. The van der Waals surface area contributed by atoms with Gasteiger partial charge >= 0.3 is 0 Å². The van der Waals surface area contributed by atoms with Crippen LogP contribution in [0.4, 0.5) is 5.69 Å². The van der Waals surface area contributed by atoms with Gasteiger partial charge in [-0.2, -0.15) is 0 Å². The molecule has 2 heterocycles. The van der Waals surface area contributed by atoms with E-state index in [-0.39, 0.29) is 5.91 Å². The highest BCUT2D eigenvalue weighted by Gasteiger charge is 1.99. The molecule has 0 atom stereocenters. The monoisotopic (exact) mass is 203 g/mol. The second kappa shape index (κ2) is 3.87. The highest BCUT2D eigenvalue weighted by molar-refractivity contribution is 5.88. The number of rotatable bonds is 2. The summed E-state index contributed by atoms with van der Waals surface area (Å²) >= 11 is 0. The van der Waals surface area contributed by atoms with Gasteiger partial charge < -0.3 is 5.32 Å². The van der Waals surface area contributed by atoms with Crippen molar-refractivity contribution >= 4 is 11.6 Å². The SMILES string of the molecule is CC(=O)Nc1ccc(-n2cnnc2)nc1. The summed E-state index contributed by atoms with van der Waals surface area (Å²) in [5, 5.41) is 9.98. The van der Waals surface area contributed by atoms with Gasteiger partial charge in [0.2, 0.25) is 5.91 Å². The fourth-order valence-electron chi connectivity index (χ4n) is 1.14.